The molecule has 0 saturated carbocycles. The van der Waals surface area contributed by atoms with Gasteiger partial charge in [-0.25, -0.2) is 0 Å². The summed E-state index contributed by atoms with van der Waals surface area (Å²) in [6, 6.07) is 19.6. The standard InChI is InChI=1S/C28H25ClN2O5S/c1-18-3-4-19(2)24(15-18)30-26(32)17-36-23-9-5-20(6-10-23)16-25-27(33)31(28(34)37-25)13-14-35-22-11-7-21(29)8-12-22/h3-12,15-16H,13-14,17H2,1-2H3,(H,30,32)/b25-16-. The molecule has 1 aliphatic rings. The van der Waals surface area contributed by atoms with Gasteiger partial charge in [0.2, 0.25) is 0 Å². The second kappa shape index (κ2) is 12.0. The summed E-state index contributed by atoms with van der Waals surface area (Å²) >= 11 is 6.75. The Labute approximate surface area is 224 Å². The van der Waals surface area contributed by atoms with Gasteiger partial charge < -0.3 is 14.8 Å². The molecule has 9 heteroatoms. The van der Waals surface area contributed by atoms with Crippen LogP contribution in [0.4, 0.5) is 10.5 Å². The van der Waals surface area contributed by atoms with Crippen molar-refractivity contribution in [3.05, 3.63) is 93.3 Å². The predicted molar refractivity (Wildman–Crippen MR) is 146 cm³/mol. The largest absolute Gasteiger partial charge is 0.492 e. The van der Waals surface area contributed by atoms with E-state index in [0.717, 1.165) is 34.1 Å². The summed E-state index contributed by atoms with van der Waals surface area (Å²) in [5.41, 5.74) is 3.52. The Bertz CT molecular complexity index is 1340. The van der Waals surface area contributed by atoms with Gasteiger partial charge in [-0.3, -0.25) is 19.3 Å². The van der Waals surface area contributed by atoms with Crippen LogP contribution in [0.5, 0.6) is 11.5 Å². The summed E-state index contributed by atoms with van der Waals surface area (Å²) in [7, 11) is 0. The topological polar surface area (TPSA) is 84.9 Å². The Morgan fingerprint density at radius 3 is 2.38 bits per heavy atom. The summed E-state index contributed by atoms with van der Waals surface area (Å²) in [4.78, 5) is 38.8. The molecule has 0 atom stereocenters. The minimum atomic E-state index is -0.363. The number of nitrogens with zero attached hydrogens (tertiary/aromatic N) is 1. The molecule has 190 valence electrons. The second-order valence-electron chi connectivity index (χ2n) is 8.36. The second-order valence-corrected chi connectivity index (χ2v) is 9.79. The molecule has 0 unspecified atom stereocenters. The van der Waals surface area contributed by atoms with Gasteiger partial charge in [0.05, 0.1) is 11.4 Å². The van der Waals surface area contributed by atoms with Gasteiger partial charge in [-0.15, -0.1) is 0 Å². The highest BCUT2D eigenvalue weighted by molar-refractivity contribution is 8.18. The van der Waals surface area contributed by atoms with Gasteiger partial charge >= 0.3 is 0 Å². The van der Waals surface area contributed by atoms with E-state index in [1.165, 1.54) is 4.90 Å². The van der Waals surface area contributed by atoms with Gasteiger partial charge in [0, 0.05) is 10.7 Å². The van der Waals surface area contributed by atoms with Gasteiger partial charge in [-0.2, -0.15) is 0 Å². The molecule has 3 aromatic carbocycles. The fraction of sp³-hybridized carbons (Fsp3) is 0.179. The normalized spacial score (nSPS) is 14.2. The smallest absolute Gasteiger partial charge is 0.293 e. The average molecular weight is 537 g/mol. The van der Waals surface area contributed by atoms with Gasteiger partial charge in [0.1, 0.15) is 18.1 Å². The van der Waals surface area contributed by atoms with Crippen LogP contribution in [-0.2, 0) is 9.59 Å². The number of nitrogens with one attached hydrogen (secondary N) is 1. The minimum absolute atomic E-state index is 0.135. The van der Waals surface area contributed by atoms with Crippen molar-refractivity contribution in [2.24, 2.45) is 0 Å². The number of amides is 3. The van der Waals surface area contributed by atoms with Crippen LogP contribution in [0.15, 0.2) is 71.6 Å². The van der Waals surface area contributed by atoms with E-state index < -0.39 is 0 Å². The van der Waals surface area contributed by atoms with Crippen molar-refractivity contribution in [3.8, 4) is 11.5 Å². The Hall–Kier alpha value is -3.75. The molecule has 1 heterocycles. The van der Waals surface area contributed by atoms with Gasteiger partial charge in [-0.1, -0.05) is 35.9 Å². The third-order valence-corrected chi connectivity index (χ3v) is 6.65. The number of ether oxygens (including phenoxy) is 2. The molecular weight excluding hydrogens is 512 g/mol. The number of aryl methyl sites for hydroxylation is 2. The van der Waals surface area contributed by atoms with E-state index >= 15 is 0 Å². The summed E-state index contributed by atoms with van der Waals surface area (Å²) in [5, 5.41) is 3.11. The first-order chi connectivity index (χ1) is 17.8. The van der Waals surface area contributed by atoms with Crippen LogP contribution in [0.25, 0.3) is 6.08 Å². The van der Waals surface area contributed by atoms with Crippen LogP contribution in [0.1, 0.15) is 16.7 Å². The molecule has 4 rings (SSSR count). The van der Waals surface area contributed by atoms with Crippen LogP contribution < -0.4 is 14.8 Å². The molecule has 0 radical (unpaired) electrons. The first-order valence-electron chi connectivity index (χ1n) is 11.5. The lowest BCUT2D eigenvalue weighted by Crippen LogP contribution is -2.32. The number of rotatable bonds is 9. The van der Waals surface area contributed by atoms with Crippen LogP contribution in [0.3, 0.4) is 0 Å². The molecule has 1 fully saturated rings. The number of imide groups is 1. The Morgan fingerprint density at radius 1 is 0.973 bits per heavy atom. The lowest BCUT2D eigenvalue weighted by atomic mass is 10.1. The van der Waals surface area contributed by atoms with Crippen molar-refractivity contribution in [2.45, 2.75) is 13.8 Å². The first kappa shape index (κ1) is 26.3. The van der Waals surface area contributed by atoms with Gasteiger partial charge in [-0.05, 0) is 90.8 Å². The zero-order valence-corrected chi connectivity index (χ0v) is 21.9. The van der Waals surface area contributed by atoms with E-state index in [1.807, 2.05) is 32.0 Å². The maximum Gasteiger partial charge on any atom is 0.293 e. The van der Waals surface area contributed by atoms with Crippen LogP contribution >= 0.6 is 23.4 Å². The molecule has 0 aromatic heterocycles. The third kappa shape index (κ3) is 7.15. The van der Waals surface area contributed by atoms with Crippen molar-refractivity contribution in [2.75, 3.05) is 25.1 Å². The van der Waals surface area contributed by atoms with Gasteiger partial charge in [0.15, 0.2) is 6.61 Å². The Morgan fingerprint density at radius 2 is 1.65 bits per heavy atom. The summed E-state index contributed by atoms with van der Waals surface area (Å²) < 4.78 is 11.2. The Kier molecular flexibility index (Phi) is 8.53. The van der Waals surface area contributed by atoms with Crippen LogP contribution in [0, 0.1) is 13.8 Å². The zero-order chi connectivity index (χ0) is 26.4. The Balaban J connectivity index is 1.28. The molecule has 3 amide bonds. The zero-order valence-electron chi connectivity index (χ0n) is 20.3. The fourth-order valence-corrected chi connectivity index (χ4v) is 4.49. The number of thioether (sulfide) groups is 1. The summed E-state index contributed by atoms with van der Waals surface area (Å²) in [6.07, 6.45) is 1.65. The monoisotopic (exact) mass is 536 g/mol. The summed E-state index contributed by atoms with van der Waals surface area (Å²) in [6.45, 7) is 4.07. The van der Waals surface area contributed by atoms with E-state index in [0.29, 0.717) is 21.4 Å². The number of halogens is 1. The summed E-state index contributed by atoms with van der Waals surface area (Å²) in [5.74, 6) is 0.502. The number of hydrogen-bond donors (Lipinski definition) is 1. The number of carbonyl (C=O) groups is 3. The number of hydrogen-bond acceptors (Lipinski definition) is 6. The van der Waals surface area contributed by atoms with Gasteiger partial charge in [0.25, 0.3) is 17.1 Å². The molecule has 37 heavy (non-hydrogen) atoms. The molecule has 0 spiro atoms. The third-order valence-electron chi connectivity index (χ3n) is 5.49. The molecular formula is C28H25ClN2O5S. The quantitative estimate of drug-likeness (QED) is 0.333. The number of benzene rings is 3. The molecule has 1 aliphatic heterocycles. The molecule has 3 aromatic rings. The van der Waals surface area contributed by atoms with E-state index in [1.54, 1.807) is 54.6 Å². The molecule has 1 saturated heterocycles. The SMILES string of the molecule is Cc1ccc(C)c(NC(=O)COc2ccc(/C=C3\SC(=O)N(CCOc4ccc(Cl)cc4)C3=O)cc2)c1. The lowest BCUT2D eigenvalue weighted by molar-refractivity contribution is -0.123. The van der Waals surface area contributed by atoms with Crippen molar-refractivity contribution in [3.63, 3.8) is 0 Å². The first-order valence-corrected chi connectivity index (χ1v) is 12.7. The van der Waals surface area contributed by atoms with Crippen molar-refractivity contribution in [1.82, 2.24) is 4.90 Å². The van der Waals surface area contributed by atoms with Crippen LogP contribution in [0.2, 0.25) is 5.02 Å². The number of anilines is 1. The fourth-order valence-electron chi connectivity index (χ4n) is 3.50. The predicted octanol–water partition coefficient (Wildman–Crippen LogP) is 6.09. The lowest BCUT2D eigenvalue weighted by Gasteiger charge is -2.13. The van der Waals surface area contributed by atoms with Crippen molar-refractivity contribution >= 4 is 52.2 Å². The maximum absolute atomic E-state index is 12.7. The molecule has 1 N–H and O–H groups in total. The van der Waals surface area contributed by atoms with E-state index in [9.17, 15) is 14.4 Å². The molecule has 0 bridgehead atoms. The molecule has 0 aliphatic carbocycles. The maximum atomic E-state index is 12.7. The highest BCUT2D eigenvalue weighted by Crippen LogP contribution is 2.32. The average Bonchev–Trinajstić information content (AvgIpc) is 3.14. The number of carbonyl (C=O) groups excluding carboxylic acids is 3. The van der Waals surface area contributed by atoms with Crippen molar-refractivity contribution < 1.29 is 23.9 Å². The highest BCUT2D eigenvalue weighted by Gasteiger charge is 2.34. The van der Waals surface area contributed by atoms with Crippen molar-refractivity contribution in [1.29, 1.82) is 0 Å². The minimum Gasteiger partial charge on any atom is -0.492 e. The van der Waals surface area contributed by atoms with E-state index in [-0.39, 0.29) is 36.8 Å². The highest BCUT2D eigenvalue weighted by atomic mass is 35.5. The van der Waals surface area contributed by atoms with Crippen LogP contribution in [-0.4, -0.2) is 41.7 Å². The van der Waals surface area contributed by atoms with E-state index in [4.69, 9.17) is 21.1 Å². The molecule has 7 nitrogen and oxygen atoms in total. The van der Waals surface area contributed by atoms with E-state index in [2.05, 4.69) is 5.32 Å².